The van der Waals surface area contributed by atoms with E-state index >= 15 is 0 Å². The Morgan fingerprint density at radius 3 is 1.90 bits per heavy atom. The van der Waals surface area contributed by atoms with E-state index in [0.717, 1.165) is 11.3 Å². The van der Waals surface area contributed by atoms with Gasteiger partial charge in [-0.3, -0.25) is 9.69 Å². The molecule has 0 radical (unpaired) electrons. The lowest BCUT2D eigenvalue weighted by atomic mass is 9.91. The first-order chi connectivity index (χ1) is 14.9. The van der Waals surface area contributed by atoms with Crippen molar-refractivity contribution in [3.05, 3.63) is 102 Å². The number of carbonyl (C=O) groups excluding carboxylic acids is 1. The molecule has 3 aromatic rings. The van der Waals surface area contributed by atoms with Gasteiger partial charge in [0.05, 0.1) is 6.42 Å². The number of hydrogen-bond acceptors (Lipinski definition) is 4. The van der Waals surface area contributed by atoms with Crippen LogP contribution >= 0.6 is 0 Å². The number of para-hydroxylation sites is 1. The SMILES string of the molecule is CN(C(=O)OCc1ccccc1)C(CC(=O)O)(c1ccccc1)N(C)c1ccccc1. The van der Waals surface area contributed by atoms with E-state index < -0.39 is 17.7 Å². The fraction of sp³-hybridized carbons (Fsp3) is 0.200. The van der Waals surface area contributed by atoms with Crippen molar-refractivity contribution in [1.29, 1.82) is 0 Å². The third-order valence-electron chi connectivity index (χ3n) is 5.37. The number of carboxylic acid groups (broad SMARTS) is 1. The average Bonchev–Trinajstić information content (AvgIpc) is 2.81. The molecule has 0 aromatic heterocycles. The Hall–Kier alpha value is -3.80. The Labute approximate surface area is 182 Å². The zero-order chi connectivity index (χ0) is 22.3. The van der Waals surface area contributed by atoms with E-state index in [0.29, 0.717) is 5.56 Å². The largest absolute Gasteiger partial charge is 0.481 e. The molecule has 6 heteroatoms. The van der Waals surface area contributed by atoms with Crippen LogP contribution in [0.3, 0.4) is 0 Å². The number of hydrogen-bond donors (Lipinski definition) is 1. The molecule has 0 heterocycles. The van der Waals surface area contributed by atoms with Gasteiger partial charge >= 0.3 is 12.1 Å². The van der Waals surface area contributed by atoms with Gasteiger partial charge < -0.3 is 14.7 Å². The maximum Gasteiger partial charge on any atom is 0.412 e. The summed E-state index contributed by atoms with van der Waals surface area (Å²) in [6.45, 7) is 0.0943. The molecule has 0 spiro atoms. The molecule has 0 fully saturated rings. The number of anilines is 1. The van der Waals surface area contributed by atoms with Crippen LogP contribution in [0.25, 0.3) is 0 Å². The molecule has 1 N–H and O–H groups in total. The highest BCUT2D eigenvalue weighted by Gasteiger charge is 2.46. The van der Waals surface area contributed by atoms with E-state index in [1.807, 2.05) is 91.0 Å². The van der Waals surface area contributed by atoms with Crippen LogP contribution in [0.5, 0.6) is 0 Å². The second kappa shape index (κ2) is 9.80. The van der Waals surface area contributed by atoms with Crippen molar-refractivity contribution in [3.63, 3.8) is 0 Å². The van der Waals surface area contributed by atoms with E-state index in [-0.39, 0.29) is 13.0 Å². The van der Waals surface area contributed by atoms with Gasteiger partial charge in [-0.05, 0) is 23.3 Å². The summed E-state index contributed by atoms with van der Waals surface area (Å²) in [5.74, 6) is -1.03. The molecule has 1 unspecified atom stereocenters. The first-order valence-electron chi connectivity index (χ1n) is 9.96. The molecular weight excluding hydrogens is 392 g/mol. The smallest absolute Gasteiger partial charge is 0.412 e. The number of aliphatic carboxylic acids is 1. The standard InChI is InChI=1S/C25H26N2O4/c1-26(22-16-10-5-11-17-22)25(18-23(28)29,21-14-8-4-9-15-21)27(2)24(30)31-19-20-12-6-3-7-13-20/h3-17H,18-19H2,1-2H3,(H,28,29). The fourth-order valence-electron chi connectivity index (χ4n) is 3.70. The molecule has 3 rings (SSSR count). The minimum absolute atomic E-state index is 0.0943. The zero-order valence-corrected chi connectivity index (χ0v) is 17.6. The fourth-order valence-corrected chi connectivity index (χ4v) is 3.70. The Morgan fingerprint density at radius 2 is 1.35 bits per heavy atom. The molecule has 0 saturated heterocycles. The lowest BCUT2D eigenvalue weighted by Crippen LogP contribution is -2.58. The van der Waals surface area contributed by atoms with Crippen molar-refractivity contribution in [1.82, 2.24) is 4.90 Å². The van der Waals surface area contributed by atoms with Crippen LogP contribution in [0.15, 0.2) is 91.0 Å². The van der Waals surface area contributed by atoms with Crippen LogP contribution in [-0.2, 0) is 21.8 Å². The van der Waals surface area contributed by atoms with Crippen molar-refractivity contribution < 1.29 is 19.4 Å². The maximum atomic E-state index is 13.1. The van der Waals surface area contributed by atoms with Gasteiger partial charge in [0, 0.05) is 19.8 Å². The second-order valence-electron chi connectivity index (χ2n) is 7.25. The number of carboxylic acids is 1. The lowest BCUT2D eigenvalue weighted by Gasteiger charge is -2.48. The molecule has 0 aliphatic heterocycles. The summed E-state index contributed by atoms with van der Waals surface area (Å²) in [6, 6.07) is 27.9. The first-order valence-corrected chi connectivity index (χ1v) is 9.96. The summed E-state index contributed by atoms with van der Waals surface area (Å²) in [5, 5.41) is 9.84. The first kappa shape index (κ1) is 21.9. The molecule has 0 saturated carbocycles. The normalized spacial score (nSPS) is 12.5. The monoisotopic (exact) mass is 418 g/mol. The average molecular weight is 418 g/mol. The van der Waals surface area contributed by atoms with Gasteiger partial charge in [0.15, 0.2) is 5.66 Å². The van der Waals surface area contributed by atoms with Gasteiger partial charge in [0.1, 0.15) is 6.61 Å². The quantitative estimate of drug-likeness (QED) is 0.536. The summed E-state index contributed by atoms with van der Waals surface area (Å²) in [4.78, 5) is 28.3. The highest BCUT2D eigenvalue weighted by atomic mass is 16.6. The molecule has 1 atom stereocenters. The lowest BCUT2D eigenvalue weighted by molar-refractivity contribution is -0.140. The van der Waals surface area contributed by atoms with E-state index in [4.69, 9.17) is 4.74 Å². The van der Waals surface area contributed by atoms with Crippen molar-refractivity contribution in [2.45, 2.75) is 18.7 Å². The highest BCUT2D eigenvalue weighted by molar-refractivity contribution is 5.75. The van der Waals surface area contributed by atoms with Crippen molar-refractivity contribution >= 4 is 17.7 Å². The van der Waals surface area contributed by atoms with Crippen LogP contribution in [0.4, 0.5) is 10.5 Å². The van der Waals surface area contributed by atoms with Crippen LogP contribution in [0, 0.1) is 0 Å². The number of rotatable bonds is 8. The van der Waals surface area contributed by atoms with E-state index in [1.54, 1.807) is 19.0 Å². The van der Waals surface area contributed by atoms with Gasteiger partial charge in [0.2, 0.25) is 0 Å². The Morgan fingerprint density at radius 1 is 0.839 bits per heavy atom. The Bertz CT molecular complexity index is 996. The topological polar surface area (TPSA) is 70.1 Å². The number of benzene rings is 3. The summed E-state index contributed by atoms with van der Waals surface area (Å²) in [6.07, 6.45) is -0.948. The number of carbonyl (C=O) groups is 2. The molecule has 6 nitrogen and oxygen atoms in total. The third kappa shape index (κ3) is 4.86. The van der Waals surface area contributed by atoms with Crippen molar-refractivity contribution in [3.8, 4) is 0 Å². The van der Waals surface area contributed by atoms with Crippen molar-refractivity contribution in [2.75, 3.05) is 19.0 Å². The van der Waals surface area contributed by atoms with Gasteiger partial charge in [0.25, 0.3) is 0 Å². The molecule has 160 valence electrons. The van der Waals surface area contributed by atoms with Crippen LogP contribution in [-0.4, -0.2) is 36.2 Å². The van der Waals surface area contributed by atoms with E-state index in [2.05, 4.69) is 0 Å². The molecule has 1 amide bonds. The van der Waals surface area contributed by atoms with Crippen LogP contribution < -0.4 is 4.90 Å². The zero-order valence-electron chi connectivity index (χ0n) is 17.6. The van der Waals surface area contributed by atoms with Crippen molar-refractivity contribution in [2.24, 2.45) is 0 Å². The number of nitrogens with zero attached hydrogens (tertiary/aromatic N) is 2. The molecule has 31 heavy (non-hydrogen) atoms. The second-order valence-corrected chi connectivity index (χ2v) is 7.25. The predicted molar refractivity (Wildman–Crippen MR) is 120 cm³/mol. The molecule has 0 aliphatic rings. The predicted octanol–water partition coefficient (Wildman–Crippen LogP) is 4.72. The summed E-state index contributed by atoms with van der Waals surface area (Å²) < 4.78 is 5.55. The molecule has 0 bridgehead atoms. The van der Waals surface area contributed by atoms with Gasteiger partial charge in [-0.2, -0.15) is 0 Å². The van der Waals surface area contributed by atoms with Crippen LogP contribution in [0.1, 0.15) is 17.5 Å². The van der Waals surface area contributed by atoms with E-state index in [1.165, 1.54) is 4.90 Å². The molecular formula is C25H26N2O4. The summed E-state index contributed by atoms with van der Waals surface area (Å²) in [7, 11) is 3.36. The van der Waals surface area contributed by atoms with Gasteiger partial charge in [-0.1, -0.05) is 78.9 Å². The molecule has 3 aromatic carbocycles. The van der Waals surface area contributed by atoms with Gasteiger partial charge in [-0.25, -0.2) is 4.79 Å². The highest BCUT2D eigenvalue weighted by Crippen LogP contribution is 2.38. The Balaban J connectivity index is 2.02. The Kier molecular flexibility index (Phi) is 6.92. The van der Waals surface area contributed by atoms with E-state index in [9.17, 15) is 14.7 Å². The minimum Gasteiger partial charge on any atom is -0.481 e. The summed E-state index contributed by atoms with van der Waals surface area (Å²) in [5.41, 5.74) is 0.991. The van der Waals surface area contributed by atoms with Crippen LogP contribution in [0.2, 0.25) is 0 Å². The third-order valence-corrected chi connectivity index (χ3v) is 5.37. The number of amides is 1. The minimum atomic E-state index is -1.30. The number of ether oxygens (including phenoxy) is 1. The van der Waals surface area contributed by atoms with Gasteiger partial charge in [-0.15, -0.1) is 0 Å². The molecule has 0 aliphatic carbocycles. The summed E-state index contributed by atoms with van der Waals surface area (Å²) >= 11 is 0. The maximum absolute atomic E-state index is 13.1.